The summed E-state index contributed by atoms with van der Waals surface area (Å²) in [6.45, 7) is 7.71. The van der Waals surface area contributed by atoms with Crippen LogP contribution < -0.4 is 0 Å². The maximum absolute atomic E-state index is 9.89. The molecule has 8 aromatic carbocycles. The average Bonchev–Trinajstić information content (AvgIpc) is 3.84. The van der Waals surface area contributed by atoms with Crippen molar-refractivity contribution in [2.24, 2.45) is 0 Å². The van der Waals surface area contributed by atoms with Crippen LogP contribution in [0.25, 0.3) is 105 Å². The Hall–Kier alpha value is -8.58. The van der Waals surface area contributed by atoms with Gasteiger partial charge >= 0.3 is 0 Å². The Labute approximate surface area is 346 Å². The molecule has 0 atom stereocenters. The van der Waals surface area contributed by atoms with Gasteiger partial charge in [0.2, 0.25) is 0 Å². The Morgan fingerprint density at radius 3 is 1.78 bits per heavy atom. The van der Waals surface area contributed by atoms with Crippen molar-refractivity contribution < 1.29 is 0 Å². The molecule has 0 saturated carbocycles. The first-order chi connectivity index (χ1) is 29.6. The molecule has 0 bridgehead atoms. The third kappa shape index (κ3) is 5.71. The summed E-state index contributed by atoms with van der Waals surface area (Å²) in [5.41, 5.74) is 14.0. The van der Waals surface area contributed by atoms with Crippen molar-refractivity contribution in [3.8, 4) is 62.5 Å². The highest BCUT2D eigenvalue weighted by atomic mass is 15.0. The highest BCUT2D eigenvalue weighted by molar-refractivity contribution is 6.11. The normalized spacial score (nSPS) is 11.3. The predicted octanol–water partition coefficient (Wildman–Crippen LogP) is 13.8. The smallest absolute Gasteiger partial charge is 0.188 e. The van der Waals surface area contributed by atoms with Crippen LogP contribution in [0.15, 0.2) is 194 Å². The summed E-state index contributed by atoms with van der Waals surface area (Å²) in [6, 6.07) is 68.7. The molecule has 0 N–H and O–H groups in total. The van der Waals surface area contributed by atoms with Gasteiger partial charge in [0.05, 0.1) is 57.3 Å². The molecule has 3 heterocycles. The molecule has 11 aromatic rings. The quantitative estimate of drug-likeness (QED) is 0.158. The third-order valence-electron chi connectivity index (χ3n) is 11.4. The average molecular weight is 765 g/mol. The van der Waals surface area contributed by atoms with Gasteiger partial charge in [-0.1, -0.05) is 121 Å². The van der Waals surface area contributed by atoms with Gasteiger partial charge in [0, 0.05) is 44.1 Å². The Morgan fingerprint density at radius 2 is 1.05 bits per heavy atom. The number of nitrogens with zero attached hydrogens (tertiary/aromatic N) is 6. The number of nitriles is 1. The van der Waals surface area contributed by atoms with E-state index >= 15 is 0 Å². The van der Waals surface area contributed by atoms with Crippen molar-refractivity contribution >= 4 is 49.3 Å². The lowest BCUT2D eigenvalue weighted by Crippen LogP contribution is -2.00. The van der Waals surface area contributed by atoms with Gasteiger partial charge in [-0.05, 0) is 83.7 Å². The Bertz CT molecular complexity index is 3510. The van der Waals surface area contributed by atoms with E-state index in [1.54, 1.807) is 0 Å². The number of rotatable bonds is 6. The van der Waals surface area contributed by atoms with E-state index in [4.69, 9.17) is 16.5 Å². The van der Waals surface area contributed by atoms with Crippen LogP contribution in [0.3, 0.4) is 0 Å². The molecule has 0 radical (unpaired) electrons. The van der Waals surface area contributed by atoms with Crippen LogP contribution in [0.5, 0.6) is 0 Å². The molecule has 0 spiro atoms. The highest BCUT2D eigenvalue weighted by Gasteiger charge is 2.20. The van der Waals surface area contributed by atoms with Crippen molar-refractivity contribution in [3.05, 3.63) is 211 Å². The number of hydrogen-bond acceptors (Lipinski definition) is 3. The van der Waals surface area contributed by atoms with E-state index in [1.165, 1.54) is 0 Å². The van der Waals surface area contributed by atoms with E-state index < -0.39 is 0 Å². The van der Waals surface area contributed by atoms with Gasteiger partial charge in [0.25, 0.3) is 0 Å². The minimum atomic E-state index is 0.615. The zero-order chi connectivity index (χ0) is 40.2. The van der Waals surface area contributed by atoms with Crippen molar-refractivity contribution in [2.75, 3.05) is 0 Å². The SMILES string of the molecule is [C-]#[N+]c1ccc2c(c1)c1ccccc1n2-c1cccc(-c2cc(-c3cc(-c4ccccc4)nc(-c4ccccc4)n3)ccc2-n2c3ccccc3c3cc(C#N)ccc32)c1. The topological polar surface area (TPSA) is 63.8 Å². The first-order valence-corrected chi connectivity index (χ1v) is 19.7. The molecule has 278 valence electrons. The number of aromatic nitrogens is 4. The zero-order valence-electron chi connectivity index (χ0n) is 32.2. The number of fused-ring (bicyclic) bond motifs is 6. The maximum atomic E-state index is 9.89. The molecular weight excluding hydrogens is 733 g/mol. The standard InChI is InChI=1S/C54H32N6/c1-56-40-25-28-52-46(32-40)43-20-8-10-21-49(43)59(52)41-18-12-17-38(30-41)44-31-39(48-33-47(36-13-4-2-5-14-36)57-54(58-48)37-15-6-3-7-16-37)24-27-51(44)60-50-22-11-9-19-42(50)45-29-35(34-55)23-26-53(45)60/h2-33H. The lowest BCUT2D eigenvalue weighted by molar-refractivity contribution is 1.16. The second kappa shape index (κ2) is 14.1. The second-order valence-corrected chi connectivity index (χ2v) is 14.8. The van der Waals surface area contributed by atoms with E-state index in [1.807, 2.05) is 72.8 Å². The molecule has 60 heavy (non-hydrogen) atoms. The Balaban J connectivity index is 1.18. The van der Waals surface area contributed by atoms with Gasteiger partial charge in [-0.3, -0.25) is 0 Å². The third-order valence-corrected chi connectivity index (χ3v) is 11.4. The summed E-state index contributed by atoms with van der Waals surface area (Å²) < 4.78 is 4.60. The van der Waals surface area contributed by atoms with Crippen LogP contribution in [0.1, 0.15) is 5.56 Å². The van der Waals surface area contributed by atoms with Crippen LogP contribution in [0, 0.1) is 17.9 Å². The van der Waals surface area contributed by atoms with E-state index in [0.29, 0.717) is 17.1 Å². The lowest BCUT2D eigenvalue weighted by atomic mass is 9.97. The van der Waals surface area contributed by atoms with Crippen LogP contribution in [0.2, 0.25) is 0 Å². The molecule has 6 heteroatoms. The Morgan fingerprint density at radius 1 is 0.450 bits per heavy atom. The van der Waals surface area contributed by atoms with Gasteiger partial charge in [0.15, 0.2) is 11.5 Å². The fourth-order valence-corrected chi connectivity index (χ4v) is 8.61. The van der Waals surface area contributed by atoms with Crippen molar-refractivity contribution in [3.63, 3.8) is 0 Å². The molecule has 0 aliphatic rings. The molecule has 0 unspecified atom stereocenters. The van der Waals surface area contributed by atoms with E-state index in [2.05, 4.69) is 141 Å². The van der Waals surface area contributed by atoms with Crippen molar-refractivity contribution in [1.29, 1.82) is 5.26 Å². The minimum Gasteiger partial charge on any atom is -0.309 e. The molecule has 6 nitrogen and oxygen atoms in total. The van der Waals surface area contributed by atoms with Gasteiger partial charge in [-0.25, -0.2) is 14.8 Å². The predicted molar refractivity (Wildman–Crippen MR) is 243 cm³/mol. The minimum absolute atomic E-state index is 0.615. The van der Waals surface area contributed by atoms with Crippen LogP contribution in [-0.2, 0) is 0 Å². The second-order valence-electron chi connectivity index (χ2n) is 14.8. The molecular formula is C54H32N6. The van der Waals surface area contributed by atoms with Crippen LogP contribution in [-0.4, -0.2) is 19.1 Å². The molecule has 0 amide bonds. The largest absolute Gasteiger partial charge is 0.309 e. The van der Waals surface area contributed by atoms with E-state index in [0.717, 1.165) is 94.2 Å². The lowest BCUT2D eigenvalue weighted by Gasteiger charge is -2.18. The monoisotopic (exact) mass is 764 g/mol. The fraction of sp³-hybridized carbons (Fsp3) is 0. The summed E-state index contributed by atoms with van der Waals surface area (Å²) in [6.07, 6.45) is 0. The summed E-state index contributed by atoms with van der Waals surface area (Å²) in [4.78, 5) is 14.0. The summed E-state index contributed by atoms with van der Waals surface area (Å²) >= 11 is 0. The molecule has 0 aliphatic heterocycles. The van der Waals surface area contributed by atoms with Gasteiger partial charge in [-0.2, -0.15) is 5.26 Å². The summed E-state index contributed by atoms with van der Waals surface area (Å²) in [5, 5.41) is 14.1. The van der Waals surface area contributed by atoms with Crippen molar-refractivity contribution in [2.45, 2.75) is 0 Å². The van der Waals surface area contributed by atoms with E-state index in [9.17, 15) is 5.26 Å². The summed E-state index contributed by atoms with van der Waals surface area (Å²) in [7, 11) is 0. The molecule has 0 saturated heterocycles. The fourth-order valence-electron chi connectivity index (χ4n) is 8.61. The van der Waals surface area contributed by atoms with E-state index in [-0.39, 0.29) is 0 Å². The van der Waals surface area contributed by atoms with Gasteiger partial charge < -0.3 is 9.13 Å². The first kappa shape index (κ1) is 34.7. The van der Waals surface area contributed by atoms with Crippen molar-refractivity contribution in [1.82, 2.24) is 19.1 Å². The summed E-state index contributed by atoms with van der Waals surface area (Å²) in [5.74, 6) is 0.656. The van der Waals surface area contributed by atoms with Gasteiger partial charge in [0.1, 0.15) is 0 Å². The highest BCUT2D eigenvalue weighted by Crippen LogP contribution is 2.41. The zero-order valence-corrected chi connectivity index (χ0v) is 32.2. The first-order valence-electron chi connectivity index (χ1n) is 19.7. The molecule has 3 aromatic heterocycles. The molecule has 0 aliphatic carbocycles. The molecule has 0 fully saturated rings. The maximum Gasteiger partial charge on any atom is 0.188 e. The van der Waals surface area contributed by atoms with Crippen LogP contribution in [0.4, 0.5) is 5.69 Å². The Kier molecular flexibility index (Phi) is 8.15. The van der Waals surface area contributed by atoms with Gasteiger partial charge in [-0.15, -0.1) is 0 Å². The molecule has 11 rings (SSSR count). The number of para-hydroxylation sites is 2. The number of benzene rings is 8. The number of hydrogen-bond donors (Lipinski definition) is 0. The van der Waals surface area contributed by atoms with Crippen LogP contribution >= 0.6 is 0 Å².